The number of alkyl halides is 3. The van der Waals surface area contributed by atoms with Gasteiger partial charge in [-0.15, -0.1) is 11.3 Å². The van der Waals surface area contributed by atoms with Crippen molar-refractivity contribution in [2.75, 3.05) is 12.4 Å². The first-order valence-corrected chi connectivity index (χ1v) is 8.91. The number of nitrogens with zero attached hydrogens (tertiary/aromatic N) is 3. The maximum absolute atomic E-state index is 13.7. The van der Waals surface area contributed by atoms with Crippen LogP contribution in [0.5, 0.6) is 5.88 Å². The highest BCUT2D eigenvalue weighted by molar-refractivity contribution is 7.18. The van der Waals surface area contributed by atoms with E-state index in [-0.39, 0.29) is 11.6 Å². The van der Waals surface area contributed by atoms with Crippen molar-refractivity contribution in [2.45, 2.75) is 25.1 Å². The van der Waals surface area contributed by atoms with Crippen LogP contribution >= 0.6 is 11.3 Å². The minimum Gasteiger partial charge on any atom is -0.480 e. The number of fused-ring (bicyclic) bond motifs is 1. The summed E-state index contributed by atoms with van der Waals surface area (Å²) in [5, 5.41) is 16.3. The molecule has 1 aromatic carbocycles. The van der Waals surface area contributed by atoms with Gasteiger partial charge in [0.2, 0.25) is 17.4 Å². The van der Waals surface area contributed by atoms with E-state index in [1.807, 2.05) is 0 Å². The van der Waals surface area contributed by atoms with Crippen LogP contribution in [-0.4, -0.2) is 39.1 Å². The second kappa shape index (κ2) is 7.06. The second-order valence-corrected chi connectivity index (χ2v) is 7.19. The van der Waals surface area contributed by atoms with Crippen LogP contribution in [0.4, 0.5) is 18.9 Å². The molecule has 28 heavy (non-hydrogen) atoms. The zero-order chi connectivity index (χ0) is 20.7. The average molecular weight is 414 g/mol. The third kappa shape index (κ3) is 3.42. The van der Waals surface area contributed by atoms with Crippen molar-refractivity contribution >= 4 is 33.1 Å². The van der Waals surface area contributed by atoms with Gasteiger partial charge in [0.1, 0.15) is 10.7 Å². The van der Waals surface area contributed by atoms with Gasteiger partial charge in [-0.05, 0) is 19.1 Å². The molecule has 3 aromatic rings. The molecule has 1 amide bonds. The molecule has 1 atom stereocenters. The normalized spacial score (nSPS) is 14.1. The van der Waals surface area contributed by atoms with Gasteiger partial charge < -0.3 is 15.2 Å². The summed E-state index contributed by atoms with van der Waals surface area (Å²) in [6.07, 6.45) is -6.36. The van der Waals surface area contributed by atoms with Crippen molar-refractivity contribution in [1.82, 2.24) is 14.8 Å². The predicted molar refractivity (Wildman–Crippen MR) is 97.3 cm³/mol. The smallest absolute Gasteiger partial charge is 0.424 e. The molecular weight excluding hydrogens is 397 g/mol. The highest BCUT2D eigenvalue weighted by atomic mass is 32.1. The Balaban J connectivity index is 1.94. The van der Waals surface area contributed by atoms with E-state index in [2.05, 4.69) is 15.4 Å². The Morgan fingerprint density at radius 1 is 1.36 bits per heavy atom. The summed E-state index contributed by atoms with van der Waals surface area (Å²) in [7, 11) is 2.91. The molecule has 0 aliphatic heterocycles. The number of thiazole rings is 1. The number of aromatic nitrogens is 3. The lowest BCUT2D eigenvalue weighted by atomic mass is 9.99. The minimum absolute atomic E-state index is 0.142. The molecule has 0 spiro atoms. The fraction of sp³-hybridized carbons (Fsp3) is 0.353. The molecule has 3 rings (SSSR count). The van der Waals surface area contributed by atoms with Crippen LogP contribution in [0, 0.1) is 6.92 Å². The molecule has 0 saturated heterocycles. The number of anilines is 1. The number of nitrogens with one attached hydrogen (secondary N) is 1. The number of carbonyl (C=O) groups excluding carboxylic acids is 1. The molecule has 0 radical (unpaired) electrons. The maximum Gasteiger partial charge on any atom is 0.424 e. The summed E-state index contributed by atoms with van der Waals surface area (Å²) in [5.41, 5.74) is -2.60. The van der Waals surface area contributed by atoms with Crippen molar-refractivity contribution in [2.24, 2.45) is 7.05 Å². The summed E-state index contributed by atoms with van der Waals surface area (Å²) < 4.78 is 48.2. The fourth-order valence-corrected chi connectivity index (χ4v) is 3.85. The van der Waals surface area contributed by atoms with Crippen LogP contribution in [0.15, 0.2) is 24.3 Å². The number of para-hydroxylation sites is 1. The molecule has 7 nitrogen and oxygen atoms in total. The number of aliphatic hydroxyl groups is 1. The summed E-state index contributed by atoms with van der Waals surface area (Å²) in [6, 6.07) is 6.41. The minimum atomic E-state index is -5.10. The predicted octanol–water partition coefficient (Wildman–Crippen LogP) is 3.13. The van der Waals surface area contributed by atoms with E-state index in [0.717, 1.165) is 0 Å². The first-order chi connectivity index (χ1) is 13.1. The maximum atomic E-state index is 13.7. The first-order valence-electron chi connectivity index (χ1n) is 8.09. The van der Waals surface area contributed by atoms with Crippen molar-refractivity contribution in [3.63, 3.8) is 0 Å². The van der Waals surface area contributed by atoms with Gasteiger partial charge in [-0.1, -0.05) is 12.1 Å². The molecular formula is C17H17F3N4O3S. The van der Waals surface area contributed by atoms with Crippen LogP contribution in [0.1, 0.15) is 17.1 Å². The van der Waals surface area contributed by atoms with E-state index in [0.29, 0.717) is 27.2 Å². The van der Waals surface area contributed by atoms with E-state index in [4.69, 9.17) is 4.74 Å². The van der Waals surface area contributed by atoms with Gasteiger partial charge in [-0.2, -0.15) is 18.3 Å². The SMILES string of the molecule is COc1c(NC(=O)C[C@](O)(c2nc3ccccc3s2)C(F)(F)F)c(C)nn1C. The van der Waals surface area contributed by atoms with Gasteiger partial charge in [0, 0.05) is 7.05 Å². The van der Waals surface area contributed by atoms with E-state index in [1.54, 1.807) is 32.2 Å². The molecule has 0 unspecified atom stereocenters. The topological polar surface area (TPSA) is 89.3 Å². The highest BCUT2D eigenvalue weighted by Crippen LogP contribution is 2.44. The Morgan fingerprint density at radius 2 is 2.04 bits per heavy atom. The number of carbonyl (C=O) groups is 1. The molecule has 2 aromatic heterocycles. The Kier molecular flexibility index (Phi) is 5.06. The van der Waals surface area contributed by atoms with Crippen LogP contribution in [-0.2, 0) is 17.4 Å². The Bertz CT molecular complexity index is 997. The average Bonchev–Trinajstić information content (AvgIpc) is 3.15. The molecule has 0 aliphatic carbocycles. The molecule has 0 bridgehead atoms. The summed E-state index contributed by atoms with van der Waals surface area (Å²) >= 11 is 0.692. The van der Waals surface area contributed by atoms with Crippen LogP contribution in [0.2, 0.25) is 0 Å². The molecule has 150 valence electrons. The van der Waals surface area contributed by atoms with Crippen molar-refractivity contribution in [1.29, 1.82) is 0 Å². The quantitative estimate of drug-likeness (QED) is 0.670. The zero-order valence-corrected chi connectivity index (χ0v) is 16.0. The van der Waals surface area contributed by atoms with E-state index >= 15 is 0 Å². The largest absolute Gasteiger partial charge is 0.480 e. The highest BCUT2D eigenvalue weighted by Gasteiger charge is 2.58. The van der Waals surface area contributed by atoms with Crippen molar-refractivity contribution < 1.29 is 27.8 Å². The van der Waals surface area contributed by atoms with Gasteiger partial charge >= 0.3 is 6.18 Å². The number of hydrogen-bond donors (Lipinski definition) is 2. The van der Waals surface area contributed by atoms with Gasteiger partial charge in [-0.3, -0.25) is 4.79 Å². The van der Waals surface area contributed by atoms with Gasteiger partial charge in [-0.25, -0.2) is 9.67 Å². The monoisotopic (exact) mass is 414 g/mol. The number of ether oxygens (including phenoxy) is 1. The molecule has 2 heterocycles. The lowest BCUT2D eigenvalue weighted by Crippen LogP contribution is -2.45. The van der Waals surface area contributed by atoms with E-state index < -0.39 is 29.1 Å². The molecule has 11 heteroatoms. The molecule has 0 aliphatic rings. The van der Waals surface area contributed by atoms with Crippen LogP contribution in [0.25, 0.3) is 10.2 Å². The van der Waals surface area contributed by atoms with E-state index in [1.165, 1.54) is 17.9 Å². The Hall–Kier alpha value is -2.66. The molecule has 2 N–H and O–H groups in total. The summed E-state index contributed by atoms with van der Waals surface area (Å²) in [5.74, 6) is -0.866. The van der Waals surface area contributed by atoms with Gasteiger partial charge in [0.25, 0.3) is 0 Å². The number of aryl methyl sites for hydroxylation is 2. The van der Waals surface area contributed by atoms with Gasteiger partial charge in [0.15, 0.2) is 0 Å². The van der Waals surface area contributed by atoms with Gasteiger partial charge in [0.05, 0.1) is 29.4 Å². The first kappa shape index (κ1) is 20.1. The number of halogens is 3. The number of benzene rings is 1. The number of hydrogen-bond acceptors (Lipinski definition) is 6. The van der Waals surface area contributed by atoms with E-state index in [9.17, 15) is 23.1 Å². The number of methoxy groups -OCH3 is 1. The van der Waals surface area contributed by atoms with Crippen LogP contribution in [0.3, 0.4) is 0 Å². The number of rotatable bonds is 5. The third-order valence-corrected chi connectivity index (χ3v) is 5.35. The Morgan fingerprint density at radius 3 is 2.64 bits per heavy atom. The Labute approximate surface area is 161 Å². The fourth-order valence-electron chi connectivity index (χ4n) is 2.78. The summed E-state index contributed by atoms with van der Waals surface area (Å²) in [6.45, 7) is 1.57. The third-order valence-electron chi connectivity index (χ3n) is 4.16. The molecule has 0 saturated carbocycles. The zero-order valence-electron chi connectivity index (χ0n) is 15.2. The summed E-state index contributed by atoms with van der Waals surface area (Å²) in [4.78, 5) is 16.3. The molecule has 0 fully saturated rings. The van der Waals surface area contributed by atoms with Crippen molar-refractivity contribution in [3.8, 4) is 5.88 Å². The lowest BCUT2D eigenvalue weighted by molar-refractivity contribution is -0.266. The van der Waals surface area contributed by atoms with Crippen LogP contribution < -0.4 is 10.1 Å². The second-order valence-electron chi connectivity index (χ2n) is 6.16. The number of amides is 1. The van der Waals surface area contributed by atoms with Crippen molar-refractivity contribution in [3.05, 3.63) is 35.0 Å². The lowest BCUT2D eigenvalue weighted by Gasteiger charge is -2.27. The standard InChI is InChI=1S/C17H17F3N4O3S/c1-9-13(14(27-3)24(2)23-9)22-12(25)8-16(26,17(18,19)20)15-21-10-6-4-5-7-11(10)28-15/h4-7,26H,8H2,1-3H3,(H,22,25)/t16-/m0/s1.